The number of amides is 4. The molecule has 0 radical (unpaired) electrons. The molecular weight excluding hydrogens is 887 g/mol. The van der Waals surface area contributed by atoms with Gasteiger partial charge in [0.05, 0.1) is 12.1 Å². The number of alkyl carbamates (subject to hydrolysis) is 1. The van der Waals surface area contributed by atoms with Crippen LogP contribution >= 0.6 is 0 Å². The molecule has 5 aliphatic rings. The predicted octanol–water partition coefficient (Wildman–Crippen LogP) is 5.83. The van der Waals surface area contributed by atoms with Gasteiger partial charge in [0.15, 0.2) is 5.82 Å². The SMILES string of the molecule is CC[C@@H]1C[C@]1(NC(=O)[C@@H]1C[C@@H](Oc2cc(-n3ccc(NC(C)C)n3)nc3cc(OCCN4CCN(C(=O)OC(C)(C)C)CC4)ccc23)CN1C(=O)[C@@H](NC(=O)OC1CC2CC2C1)C(C)(C)C)C(=O)O. The lowest BCUT2D eigenvalue weighted by Crippen LogP contribution is -2.59. The van der Waals surface area contributed by atoms with Crippen LogP contribution in [-0.2, 0) is 23.9 Å². The third kappa shape index (κ3) is 11.6. The van der Waals surface area contributed by atoms with E-state index in [0.717, 1.165) is 12.8 Å². The molecule has 4 amide bonds. The molecular formula is C50H71N9O10. The van der Waals surface area contributed by atoms with Gasteiger partial charge in [0.2, 0.25) is 11.8 Å². The highest BCUT2D eigenvalue weighted by molar-refractivity contribution is 5.96. The summed E-state index contributed by atoms with van der Waals surface area (Å²) >= 11 is 0. The van der Waals surface area contributed by atoms with Gasteiger partial charge in [-0.25, -0.2) is 24.0 Å². The van der Waals surface area contributed by atoms with Gasteiger partial charge in [-0.1, -0.05) is 34.1 Å². The van der Waals surface area contributed by atoms with Gasteiger partial charge in [0.25, 0.3) is 0 Å². The average molecular weight is 958 g/mol. The number of hydrogen-bond donors (Lipinski definition) is 4. The van der Waals surface area contributed by atoms with Crippen LogP contribution in [0.2, 0.25) is 0 Å². The second-order valence-corrected chi connectivity index (χ2v) is 22.0. The topological polar surface area (TPSA) is 219 Å². The van der Waals surface area contributed by atoms with Crippen LogP contribution in [0.4, 0.5) is 15.4 Å². The number of likely N-dealkylation sites (tertiary alicyclic amines) is 1. The van der Waals surface area contributed by atoms with Crippen molar-refractivity contribution >= 4 is 46.7 Å². The summed E-state index contributed by atoms with van der Waals surface area (Å²) < 4.78 is 26.1. The summed E-state index contributed by atoms with van der Waals surface area (Å²) in [5.41, 5.74) is -2.22. The Labute approximate surface area is 404 Å². The third-order valence-corrected chi connectivity index (χ3v) is 14.0. The number of fused-ring (bicyclic) bond motifs is 2. The molecule has 8 rings (SSSR count). The van der Waals surface area contributed by atoms with Gasteiger partial charge in [-0.3, -0.25) is 14.5 Å². The van der Waals surface area contributed by atoms with Crippen LogP contribution in [-0.4, -0.2) is 152 Å². The lowest BCUT2D eigenvalue weighted by atomic mass is 9.85. The largest absolute Gasteiger partial charge is 0.492 e. The lowest BCUT2D eigenvalue weighted by molar-refractivity contribution is -0.146. The van der Waals surface area contributed by atoms with Crippen LogP contribution < -0.4 is 25.4 Å². The van der Waals surface area contributed by atoms with E-state index in [2.05, 4.69) is 20.9 Å². The first kappa shape index (κ1) is 49.6. The molecule has 2 saturated heterocycles. The molecule has 4 N–H and O–H groups in total. The van der Waals surface area contributed by atoms with Crippen molar-refractivity contribution in [3.63, 3.8) is 0 Å². The Morgan fingerprint density at radius 1 is 0.928 bits per heavy atom. The summed E-state index contributed by atoms with van der Waals surface area (Å²) in [5, 5.41) is 24.6. The number of carbonyl (C=O) groups excluding carboxylic acids is 4. The summed E-state index contributed by atoms with van der Waals surface area (Å²) in [5.74, 6) is 0.857. The van der Waals surface area contributed by atoms with Crippen molar-refractivity contribution in [2.45, 2.75) is 142 Å². The van der Waals surface area contributed by atoms with Gasteiger partial charge in [-0.2, -0.15) is 0 Å². The molecule has 1 aromatic carbocycles. The molecule has 3 aromatic rings. The fourth-order valence-electron chi connectivity index (χ4n) is 10.1. The predicted molar refractivity (Wildman–Crippen MR) is 256 cm³/mol. The van der Waals surface area contributed by atoms with Gasteiger partial charge in [-0.15, -0.1) is 5.10 Å². The van der Waals surface area contributed by atoms with E-state index in [1.165, 1.54) is 11.3 Å². The van der Waals surface area contributed by atoms with Crippen LogP contribution in [0.25, 0.3) is 16.7 Å². The van der Waals surface area contributed by atoms with Crippen molar-refractivity contribution < 1.29 is 48.0 Å². The molecule has 7 atom stereocenters. The lowest BCUT2D eigenvalue weighted by Gasteiger charge is -2.35. The zero-order valence-electron chi connectivity index (χ0n) is 41.6. The first-order chi connectivity index (χ1) is 32.6. The molecule has 69 heavy (non-hydrogen) atoms. The number of hydrogen-bond acceptors (Lipinski definition) is 13. The summed E-state index contributed by atoms with van der Waals surface area (Å²) in [6, 6.07) is 7.11. The van der Waals surface area contributed by atoms with Crippen LogP contribution in [0, 0.1) is 23.2 Å². The van der Waals surface area contributed by atoms with Crippen molar-refractivity contribution in [2.24, 2.45) is 23.2 Å². The normalized spacial score (nSPS) is 26.0. The molecule has 0 bridgehead atoms. The van der Waals surface area contributed by atoms with Crippen molar-refractivity contribution in [1.29, 1.82) is 0 Å². The van der Waals surface area contributed by atoms with Crippen molar-refractivity contribution in [2.75, 3.05) is 51.2 Å². The molecule has 0 spiro atoms. The number of nitrogens with one attached hydrogen (secondary N) is 3. The Kier molecular flexibility index (Phi) is 14.0. The number of carboxylic acid groups (broad SMARTS) is 1. The van der Waals surface area contributed by atoms with E-state index in [4.69, 9.17) is 29.0 Å². The standard InChI is InChI=1S/C50H71N9O10/c1-10-32-27-50(32,45(62)63)54-43(60)38-25-35(28-58(38)44(61)42(48(4,5)6)53-46(64)68-34-22-30-21-31(30)23-34)67-39-26-41(59-14-13-40(55-59)51-29(2)3)52-37-24-33(11-12-36(37)39)66-20-19-56-15-17-57(18-16-56)47(65)69-49(7,8)9/h11-14,24,26,29-32,34-35,38,42H,10,15-23,25,27-28H2,1-9H3,(H,51,55)(H,53,64)(H,54,60)(H,62,63)/t30?,31?,32-,34?,35-,38+,42-,50-/m1/s1. The second kappa shape index (κ2) is 19.5. The highest BCUT2D eigenvalue weighted by Crippen LogP contribution is 2.52. The minimum Gasteiger partial charge on any atom is -0.492 e. The zero-order chi connectivity index (χ0) is 49.6. The molecule has 19 nitrogen and oxygen atoms in total. The number of benzene rings is 1. The minimum atomic E-state index is -1.42. The zero-order valence-corrected chi connectivity index (χ0v) is 41.6. The van der Waals surface area contributed by atoms with Crippen LogP contribution in [0.15, 0.2) is 36.5 Å². The number of ether oxygens (including phenoxy) is 4. The van der Waals surface area contributed by atoms with Gasteiger partial charge >= 0.3 is 18.2 Å². The Bertz CT molecular complexity index is 2390. The van der Waals surface area contributed by atoms with Crippen LogP contribution in [0.5, 0.6) is 11.5 Å². The minimum absolute atomic E-state index is 0.0277. The van der Waals surface area contributed by atoms with Gasteiger partial charge in [0.1, 0.15) is 59.4 Å². The number of rotatable bonds is 16. The number of anilines is 1. The Balaban J connectivity index is 1.03. The van der Waals surface area contributed by atoms with E-state index in [1.807, 2.05) is 86.6 Å². The second-order valence-electron chi connectivity index (χ2n) is 22.0. The monoisotopic (exact) mass is 958 g/mol. The molecule has 2 aliphatic heterocycles. The average Bonchev–Trinajstić information content (AvgIpc) is 3.94. The highest BCUT2D eigenvalue weighted by Gasteiger charge is 2.61. The van der Waals surface area contributed by atoms with E-state index >= 15 is 0 Å². The smallest absolute Gasteiger partial charge is 0.410 e. The fraction of sp³-hybridized carbons (Fsp3) is 0.660. The maximum atomic E-state index is 14.9. The maximum absolute atomic E-state index is 14.9. The van der Waals surface area contributed by atoms with E-state index in [-0.39, 0.29) is 43.5 Å². The van der Waals surface area contributed by atoms with Gasteiger partial charge in [0, 0.05) is 75.0 Å². The van der Waals surface area contributed by atoms with E-state index < -0.39 is 58.6 Å². The van der Waals surface area contributed by atoms with Crippen molar-refractivity contribution in [1.82, 2.24) is 40.1 Å². The van der Waals surface area contributed by atoms with E-state index in [0.29, 0.717) is 91.6 Å². The Morgan fingerprint density at radius 3 is 2.29 bits per heavy atom. The molecule has 3 aliphatic carbocycles. The van der Waals surface area contributed by atoms with E-state index in [1.54, 1.807) is 21.8 Å². The summed E-state index contributed by atoms with van der Waals surface area (Å²) in [7, 11) is 0. The molecule has 2 aromatic heterocycles. The first-order valence-electron chi connectivity index (χ1n) is 24.7. The van der Waals surface area contributed by atoms with Crippen LogP contribution in [0.1, 0.15) is 101 Å². The number of pyridine rings is 1. The summed E-state index contributed by atoms with van der Waals surface area (Å²) in [4.78, 5) is 78.2. The Morgan fingerprint density at radius 2 is 1.65 bits per heavy atom. The van der Waals surface area contributed by atoms with Crippen LogP contribution in [0.3, 0.4) is 0 Å². The van der Waals surface area contributed by atoms with Gasteiger partial charge < -0.3 is 49.8 Å². The number of carbonyl (C=O) groups is 5. The third-order valence-electron chi connectivity index (χ3n) is 14.0. The van der Waals surface area contributed by atoms with Crippen molar-refractivity contribution in [3.8, 4) is 17.3 Å². The summed E-state index contributed by atoms with van der Waals surface area (Å²) in [6.07, 6.45) is 3.58. The fourth-order valence-corrected chi connectivity index (χ4v) is 10.1. The molecule has 2 unspecified atom stereocenters. The number of piperazine rings is 1. The Hall–Kier alpha value is -5.85. The quantitative estimate of drug-likeness (QED) is 0.133. The van der Waals surface area contributed by atoms with Crippen molar-refractivity contribution in [3.05, 3.63) is 36.5 Å². The number of aromatic nitrogens is 3. The molecule has 3 saturated carbocycles. The first-order valence-corrected chi connectivity index (χ1v) is 24.7. The van der Waals surface area contributed by atoms with E-state index in [9.17, 15) is 29.1 Å². The number of aliphatic carboxylic acids is 1. The molecule has 4 heterocycles. The van der Waals surface area contributed by atoms with Gasteiger partial charge in [-0.05, 0) is 95.6 Å². The molecule has 376 valence electrons. The number of nitrogens with zero attached hydrogens (tertiary/aromatic N) is 6. The maximum Gasteiger partial charge on any atom is 0.410 e. The molecule has 5 fully saturated rings. The molecule has 19 heteroatoms. The number of carboxylic acids is 1. The highest BCUT2D eigenvalue weighted by atomic mass is 16.6. The summed E-state index contributed by atoms with van der Waals surface area (Å²) in [6.45, 7) is 20.5.